The molecule has 0 aliphatic heterocycles. The molecule has 0 heterocycles. The van der Waals surface area contributed by atoms with Crippen molar-refractivity contribution in [1.82, 2.24) is 0 Å². The lowest BCUT2D eigenvalue weighted by atomic mass is 9.86. The molecule has 1 N–H and O–H groups in total. The Hall–Kier alpha value is -0.730. The van der Waals surface area contributed by atoms with E-state index in [0.717, 1.165) is 25.7 Å². The van der Waals surface area contributed by atoms with Crippen molar-refractivity contribution in [3.8, 4) is 0 Å². The maximum atomic E-state index is 10.8. The minimum atomic E-state index is -1.62. The molecule has 0 amide bonds. The lowest BCUT2D eigenvalue weighted by molar-refractivity contribution is -0.138. The summed E-state index contributed by atoms with van der Waals surface area (Å²) >= 11 is 11.4. The average Bonchev–Trinajstić information content (AvgIpc) is 2.56. The van der Waals surface area contributed by atoms with Crippen molar-refractivity contribution in [3.05, 3.63) is 35.4 Å². The Morgan fingerprint density at radius 3 is 1.77 bits per heavy atom. The smallest absolute Gasteiger partial charge is 0.340 e. The average molecular weight is 401 g/mol. The van der Waals surface area contributed by atoms with Crippen LogP contribution in [0.2, 0.25) is 0 Å². The number of carbonyl (C=O) groups is 1. The van der Waals surface area contributed by atoms with Gasteiger partial charge in [0.25, 0.3) is 0 Å². The van der Waals surface area contributed by atoms with Gasteiger partial charge in [-0.1, -0.05) is 107 Å². The van der Waals surface area contributed by atoms with Crippen LogP contribution in [0.1, 0.15) is 89.7 Å². The van der Waals surface area contributed by atoms with E-state index in [2.05, 4.69) is 45.0 Å². The van der Waals surface area contributed by atoms with E-state index >= 15 is 0 Å². The highest BCUT2D eigenvalue weighted by Crippen LogP contribution is 2.28. The third kappa shape index (κ3) is 9.28. The first-order valence-corrected chi connectivity index (χ1v) is 10.6. The summed E-state index contributed by atoms with van der Waals surface area (Å²) in [6, 6.07) is 9.06. The van der Waals surface area contributed by atoms with E-state index in [0.29, 0.717) is 6.42 Å². The number of carboxylic acids is 1. The van der Waals surface area contributed by atoms with Gasteiger partial charge < -0.3 is 5.11 Å². The zero-order chi connectivity index (χ0) is 19.6. The topological polar surface area (TPSA) is 37.3 Å². The molecule has 0 saturated heterocycles. The maximum absolute atomic E-state index is 10.8. The summed E-state index contributed by atoms with van der Waals surface area (Å²) < 4.78 is -1.62. The van der Waals surface area contributed by atoms with E-state index in [4.69, 9.17) is 28.3 Å². The first-order valence-electron chi connectivity index (χ1n) is 9.83. The van der Waals surface area contributed by atoms with Gasteiger partial charge in [0, 0.05) is 0 Å². The molecular weight excluding hydrogens is 367 g/mol. The van der Waals surface area contributed by atoms with Gasteiger partial charge >= 0.3 is 5.97 Å². The van der Waals surface area contributed by atoms with Gasteiger partial charge in [-0.2, -0.15) is 0 Å². The van der Waals surface area contributed by atoms with Gasteiger partial charge in [-0.15, -0.1) is 0 Å². The van der Waals surface area contributed by atoms with Crippen LogP contribution in [-0.4, -0.2) is 15.4 Å². The molecule has 0 saturated carbocycles. The van der Waals surface area contributed by atoms with Crippen LogP contribution < -0.4 is 0 Å². The second-order valence-corrected chi connectivity index (χ2v) is 9.77. The summed E-state index contributed by atoms with van der Waals surface area (Å²) in [5, 5.41) is 8.83. The predicted molar refractivity (Wildman–Crippen MR) is 112 cm³/mol. The van der Waals surface area contributed by atoms with Crippen LogP contribution in [0.5, 0.6) is 0 Å². The number of alkyl halides is 2. The zero-order valence-corrected chi connectivity index (χ0v) is 18.0. The van der Waals surface area contributed by atoms with Crippen molar-refractivity contribution in [3.63, 3.8) is 0 Å². The van der Waals surface area contributed by atoms with E-state index < -0.39 is 10.3 Å². The number of hydrogen-bond donors (Lipinski definition) is 1. The fourth-order valence-corrected chi connectivity index (χ4v) is 3.28. The number of hydrogen-bond acceptors (Lipinski definition) is 1. The highest BCUT2D eigenvalue weighted by Gasteiger charge is 2.32. The molecule has 4 heteroatoms. The third-order valence-corrected chi connectivity index (χ3v) is 5.54. The summed E-state index contributed by atoms with van der Waals surface area (Å²) in [6.07, 6.45) is 10.6. The Morgan fingerprint density at radius 2 is 1.31 bits per heavy atom. The van der Waals surface area contributed by atoms with Crippen LogP contribution in [0, 0.1) is 0 Å². The largest absolute Gasteiger partial charge is 0.479 e. The zero-order valence-electron chi connectivity index (χ0n) is 16.5. The van der Waals surface area contributed by atoms with Crippen LogP contribution in [-0.2, 0) is 16.6 Å². The molecule has 1 aromatic carbocycles. The molecule has 0 aliphatic carbocycles. The van der Waals surface area contributed by atoms with Crippen LogP contribution in [0.25, 0.3) is 0 Å². The minimum absolute atomic E-state index is 0.223. The SMILES string of the molecule is CC(C)(C)c1ccc(CCCCCCCCCCC(Cl)(Cl)C(=O)O)cc1. The second kappa shape index (κ2) is 11.2. The van der Waals surface area contributed by atoms with Crippen molar-refractivity contribution >= 4 is 29.2 Å². The van der Waals surface area contributed by atoms with Crippen molar-refractivity contribution in [2.24, 2.45) is 0 Å². The van der Waals surface area contributed by atoms with E-state index in [1.54, 1.807) is 0 Å². The highest BCUT2D eigenvalue weighted by molar-refractivity contribution is 6.57. The maximum Gasteiger partial charge on any atom is 0.340 e. The Kier molecular flexibility index (Phi) is 10.0. The van der Waals surface area contributed by atoms with Gasteiger partial charge in [-0.25, -0.2) is 4.79 Å². The first kappa shape index (κ1) is 23.3. The molecule has 1 rings (SSSR count). The molecule has 0 spiro atoms. The van der Waals surface area contributed by atoms with E-state index in [-0.39, 0.29) is 5.41 Å². The summed E-state index contributed by atoms with van der Waals surface area (Å²) in [4.78, 5) is 10.8. The van der Waals surface area contributed by atoms with Gasteiger partial charge in [0.2, 0.25) is 4.33 Å². The Morgan fingerprint density at radius 1 is 0.846 bits per heavy atom. The molecule has 2 nitrogen and oxygen atoms in total. The van der Waals surface area contributed by atoms with Crippen molar-refractivity contribution < 1.29 is 9.90 Å². The van der Waals surface area contributed by atoms with Crippen LogP contribution in [0.4, 0.5) is 0 Å². The van der Waals surface area contributed by atoms with Gasteiger partial charge in [-0.3, -0.25) is 0 Å². The molecule has 148 valence electrons. The van der Waals surface area contributed by atoms with Crippen LogP contribution >= 0.6 is 23.2 Å². The molecule has 0 unspecified atom stereocenters. The minimum Gasteiger partial charge on any atom is -0.479 e. The normalized spacial score (nSPS) is 12.3. The number of unbranched alkanes of at least 4 members (excludes halogenated alkanes) is 7. The number of carboxylic acid groups (broad SMARTS) is 1. The summed E-state index contributed by atoms with van der Waals surface area (Å²) in [6.45, 7) is 6.74. The lowest BCUT2D eigenvalue weighted by Gasteiger charge is -2.19. The lowest BCUT2D eigenvalue weighted by Crippen LogP contribution is -2.25. The number of benzene rings is 1. The molecule has 0 atom stereocenters. The Labute approximate surface area is 169 Å². The summed E-state index contributed by atoms with van der Waals surface area (Å²) in [5.74, 6) is -1.14. The highest BCUT2D eigenvalue weighted by atomic mass is 35.5. The molecule has 26 heavy (non-hydrogen) atoms. The fraction of sp³-hybridized carbons (Fsp3) is 0.682. The van der Waals surface area contributed by atoms with E-state index in [1.165, 1.54) is 43.2 Å². The molecule has 0 aromatic heterocycles. The number of rotatable bonds is 12. The quantitative estimate of drug-likeness (QED) is 0.295. The molecule has 0 aliphatic rings. The first-order chi connectivity index (χ1) is 12.1. The number of halogens is 2. The van der Waals surface area contributed by atoms with Gasteiger partial charge in [-0.05, 0) is 42.2 Å². The summed E-state index contributed by atoms with van der Waals surface area (Å²) in [7, 11) is 0. The Balaban J connectivity index is 2.02. The van der Waals surface area contributed by atoms with Gasteiger partial charge in [0.15, 0.2) is 0 Å². The molecule has 0 radical (unpaired) electrons. The Bertz CT molecular complexity index is 530. The van der Waals surface area contributed by atoms with Crippen molar-refractivity contribution in [2.45, 2.75) is 94.7 Å². The summed E-state index contributed by atoms with van der Waals surface area (Å²) in [5.41, 5.74) is 3.05. The molecular formula is C22H34Cl2O2. The monoisotopic (exact) mass is 400 g/mol. The van der Waals surface area contributed by atoms with Gasteiger partial charge in [0.1, 0.15) is 0 Å². The molecule has 0 bridgehead atoms. The van der Waals surface area contributed by atoms with Crippen LogP contribution in [0.15, 0.2) is 24.3 Å². The van der Waals surface area contributed by atoms with Crippen LogP contribution in [0.3, 0.4) is 0 Å². The second-order valence-electron chi connectivity index (χ2n) is 8.28. The fourth-order valence-electron chi connectivity index (χ4n) is 3.02. The molecule has 1 aromatic rings. The number of aliphatic carboxylic acids is 1. The number of aryl methyl sites for hydroxylation is 1. The predicted octanol–water partition coefficient (Wildman–Crippen LogP) is 7.30. The van der Waals surface area contributed by atoms with Crippen molar-refractivity contribution in [2.75, 3.05) is 0 Å². The third-order valence-electron chi connectivity index (χ3n) is 4.84. The van der Waals surface area contributed by atoms with Gasteiger partial charge in [0.05, 0.1) is 0 Å². The molecule has 0 fully saturated rings. The van der Waals surface area contributed by atoms with E-state index in [1.807, 2.05) is 0 Å². The van der Waals surface area contributed by atoms with E-state index in [9.17, 15) is 4.79 Å². The standard InChI is InChI=1S/C22H34Cl2O2/c1-21(2,3)19-15-13-18(14-16-19)12-10-8-6-4-5-7-9-11-17-22(23,24)20(25)26/h13-16H,4-12,17H2,1-3H3,(H,25,26). The van der Waals surface area contributed by atoms with Crippen molar-refractivity contribution in [1.29, 1.82) is 0 Å².